The van der Waals surface area contributed by atoms with Crippen LogP contribution in [0.3, 0.4) is 0 Å². The van der Waals surface area contributed by atoms with Crippen LogP contribution in [0, 0.1) is 10.1 Å². The topological polar surface area (TPSA) is 117 Å². The molecule has 0 aliphatic rings. The Labute approximate surface area is 184 Å². The highest BCUT2D eigenvalue weighted by molar-refractivity contribution is 5.88. The Morgan fingerprint density at radius 3 is 2.75 bits per heavy atom. The molecule has 0 bridgehead atoms. The van der Waals surface area contributed by atoms with E-state index in [2.05, 4.69) is 4.98 Å². The van der Waals surface area contributed by atoms with E-state index in [-0.39, 0.29) is 30.5 Å². The number of pyridine rings is 1. The van der Waals surface area contributed by atoms with Crippen molar-refractivity contribution in [3.8, 4) is 17.1 Å². The minimum absolute atomic E-state index is 0.102. The molecule has 3 aromatic rings. The molecule has 0 atom stereocenters. The van der Waals surface area contributed by atoms with Crippen LogP contribution >= 0.6 is 0 Å². The predicted octanol–water partition coefficient (Wildman–Crippen LogP) is 5.15. The molecule has 10 nitrogen and oxygen atoms in total. The number of aromatic nitrogens is 1. The van der Waals surface area contributed by atoms with Crippen LogP contribution in [0.4, 0.5) is 16.4 Å². The third kappa shape index (κ3) is 5.33. The lowest BCUT2D eigenvalue weighted by Crippen LogP contribution is -2.28. The molecular formula is C22H25N3O7. The molecule has 0 unspecified atom stereocenters. The Morgan fingerprint density at radius 1 is 1.22 bits per heavy atom. The number of anilines is 1. The molecule has 0 saturated carbocycles. The fourth-order valence-corrected chi connectivity index (χ4v) is 2.89. The van der Waals surface area contributed by atoms with Crippen molar-refractivity contribution in [2.45, 2.75) is 26.7 Å². The van der Waals surface area contributed by atoms with Gasteiger partial charge in [-0.1, -0.05) is 13.3 Å². The third-order valence-electron chi connectivity index (χ3n) is 4.64. The van der Waals surface area contributed by atoms with Gasteiger partial charge in [-0.15, -0.1) is 0 Å². The highest BCUT2D eigenvalue weighted by atomic mass is 16.7. The maximum absolute atomic E-state index is 12.2. The van der Waals surface area contributed by atoms with E-state index in [9.17, 15) is 14.9 Å². The van der Waals surface area contributed by atoms with Gasteiger partial charge in [0.15, 0.2) is 6.79 Å². The Balaban J connectivity index is 1.87. The van der Waals surface area contributed by atoms with Crippen LogP contribution < -0.4 is 9.64 Å². The summed E-state index contributed by atoms with van der Waals surface area (Å²) in [5.41, 5.74) is 0.734. The summed E-state index contributed by atoms with van der Waals surface area (Å²) in [6, 6.07) is 9.88. The SMILES string of the molecule is CCCCOC(=O)N(C)c1ccc(-c2cc3cc(OCOCC)ccc3o2)c([N+](=O)[O-])n1. The smallest absolute Gasteiger partial charge is 0.416 e. The van der Waals surface area contributed by atoms with Crippen molar-refractivity contribution in [3.63, 3.8) is 0 Å². The number of carbonyl (C=O) groups is 1. The Bertz CT molecular complexity index is 1100. The number of nitro groups is 1. The quantitative estimate of drug-likeness (QED) is 0.183. The predicted molar refractivity (Wildman–Crippen MR) is 118 cm³/mol. The van der Waals surface area contributed by atoms with Gasteiger partial charge in [-0.3, -0.25) is 0 Å². The fraction of sp³-hybridized carbons (Fsp3) is 0.364. The van der Waals surface area contributed by atoms with Crippen LogP contribution in [0.2, 0.25) is 0 Å². The molecule has 0 aliphatic heterocycles. The van der Waals surface area contributed by atoms with Crippen molar-refractivity contribution < 1.29 is 28.3 Å². The number of hydrogen-bond acceptors (Lipinski definition) is 8. The number of furan rings is 1. The number of fused-ring (bicyclic) bond motifs is 1. The summed E-state index contributed by atoms with van der Waals surface area (Å²) in [7, 11) is 1.45. The first-order valence-corrected chi connectivity index (χ1v) is 10.2. The summed E-state index contributed by atoms with van der Waals surface area (Å²) in [5, 5.41) is 12.4. The van der Waals surface area contributed by atoms with E-state index in [4.69, 9.17) is 18.6 Å². The van der Waals surface area contributed by atoms with Crippen LogP contribution in [0.5, 0.6) is 5.75 Å². The average molecular weight is 443 g/mol. The Morgan fingerprint density at radius 2 is 2.03 bits per heavy atom. The first-order chi connectivity index (χ1) is 15.4. The lowest BCUT2D eigenvalue weighted by atomic mass is 10.1. The maximum atomic E-state index is 12.2. The second kappa shape index (κ2) is 10.6. The molecule has 10 heteroatoms. The van der Waals surface area contributed by atoms with Gasteiger partial charge in [-0.25, -0.2) is 9.69 Å². The van der Waals surface area contributed by atoms with Gasteiger partial charge in [0.1, 0.15) is 22.7 Å². The molecule has 1 aromatic carbocycles. The minimum Gasteiger partial charge on any atom is -0.468 e. The van der Waals surface area contributed by atoms with E-state index in [1.165, 1.54) is 19.2 Å². The highest BCUT2D eigenvalue weighted by Gasteiger charge is 2.26. The van der Waals surface area contributed by atoms with E-state index < -0.39 is 16.8 Å². The third-order valence-corrected chi connectivity index (χ3v) is 4.64. The van der Waals surface area contributed by atoms with Gasteiger partial charge in [0.2, 0.25) is 0 Å². The van der Waals surface area contributed by atoms with Gasteiger partial charge in [-0.05, 0) is 53.6 Å². The summed E-state index contributed by atoms with van der Waals surface area (Å²) in [6.07, 6.45) is 0.986. The number of unbranched alkanes of at least 4 members (excludes halogenated alkanes) is 1. The van der Waals surface area contributed by atoms with E-state index in [1.807, 2.05) is 13.8 Å². The van der Waals surface area contributed by atoms with Crippen molar-refractivity contribution in [2.24, 2.45) is 0 Å². The van der Waals surface area contributed by atoms with E-state index in [0.29, 0.717) is 23.3 Å². The molecule has 32 heavy (non-hydrogen) atoms. The largest absolute Gasteiger partial charge is 0.468 e. The van der Waals surface area contributed by atoms with Gasteiger partial charge in [0, 0.05) is 25.1 Å². The summed E-state index contributed by atoms with van der Waals surface area (Å²) in [5.74, 6) is 0.539. The number of carbonyl (C=O) groups excluding carboxylic acids is 1. The molecule has 0 N–H and O–H groups in total. The second-order valence-electron chi connectivity index (χ2n) is 6.89. The van der Waals surface area contributed by atoms with Crippen molar-refractivity contribution in [1.29, 1.82) is 0 Å². The second-order valence-corrected chi connectivity index (χ2v) is 6.89. The zero-order valence-corrected chi connectivity index (χ0v) is 18.2. The minimum atomic E-state index is -0.628. The molecule has 0 spiro atoms. The number of hydrogen-bond donors (Lipinski definition) is 0. The van der Waals surface area contributed by atoms with Crippen LogP contribution in [0.15, 0.2) is 40.8 Å². The lowest BCUT2D eigenvalue weighted by Gasteiger charge is -2.13. The zero-order chi connectivity index (χ0) is 23.1. The number of benzene rings is 1. The van der Waals surface area contributed by atoms with Gasteiger partial charge in [0.05, 0.1) is 6.61 Å². The van der Waals surface area contributed by atoms with E-state index in [1.54, 1.807) is 24.3 Å². The summed E-state index contributed by atoms with van der Waals surface area (Å²) in [4.78, 5) is 28.4. The maximum Gasteiger partial charge on any atom is 0.416 e. The standard InChI is InChI=1S/C22H25N3O7/c1-4-6-11-30-22(26)24(3)20-10-8-17(21(23-20)25(27)28)19-13-15-12-16(31-14-29-5-2)7-9-18(15)32-19/h7-10,12-13H,4-6,11,14H2,1-3H3. The normalized spacial score (nSPS) is 10.8. The van der Waals surface area contributed by atoms with E-state index in [0.717, 1.165) is 17.7 Å². The van der Waals surface area contributed by atoms with Gasteiger partial charge in [0.25, 0.3) is 5.82 Å². The molecule has 3 rings (SSSR count). The van der Waals surface area contributed by atoms with Crippen LogP contribution in [-0.2, 0) is 9.47 Å². The van der Waals surface area contributed by atoms with Crippen molar-refractivity contribution in [1.82, 2.24) is 4.98 Å². The molecule has 0 radical (unpaired) electrons. The summed E-state index contributed by atoms with van der Waals surface area (Å²) < 4.78 is 21.6. The average Bonchev–Trinajstić information content (AvgIpc) is 3.21. The van der Waals surface area contributed by atoms with Crippen molar-refractivity contribution in [3.05, 3.63) is 46.5 Å². The van der Waals surface area contributed by atoms with Crippen molar-refractivity contribution >= 4 is 28.7 Å². The first kappa shape index (κ1) is 23.0. The molecule has 2 heterocycles. The zero-order valence-electron chi connectivity index (χ0n) is 18.2. The Hall–Kier alpha value is -3.66. The van der Waals surface area contributed by atoms with E-state index >= 15 is 0 Å². The van der Waals surface area contributed by atoms with Crippen LogP contribution in [-0.4, -0.2) is 43.1 Å². The highest BCUT2D eigenvalue weighted by Crippen LogP contribution is 2.35. The molecule has 170 valence electrons. The molecule has 0 aliphatic carbocycles. The van der Waals surface area contributed by atoms with Crippen LogP contribution in [0.1, 0.15) is 26.7 Å². The monoisotopic (exact) mass is 443 g/mol. The number of ether oxygens (including phenoxy) is 3. The number of nitrogens with zero attached hydrogens (tertiary/aromatic N) is 3. The number of amides is 1. The molecule has 2 aromatic heterocycles. The van der Waals surface area contributed by atoms with Crippen LogP contribution in [0.25, 0.3) is 22.3 Å². The summed E-state index contributed by atoms with van der Waals surface area (Å²) in [6.45, 7) is 4.78. The lowest BCUT2D eigenvalue weighted by molar-refractivity contribution is -0.388. The Kier molecular flexibility index (Phi) is 7.61. The van der Waals surface area contributed by atoms with Crippen molar-refractivity contribution in [2.75, 3.05) is 32.0 Å². The molecule has 0 fully saturated rings. The molecule has 1 amide bonds. The molecule has 0 saturated heterocycles. The van der Waals surface area contributed by atoms with Gasteiger partial charge >= 0.3 is 11.9 Å². The first-order valence-electron chi connectivity index (χ1n) is 10.2. The molecular weight excluding hydrogens is 418 g/mol. The summed E-state index contributed by atoms with van der Waals surface area (Å²) >= 11 is 0. The fourth-order valence-electron chi connectivity index (χ4n) is 2.89. The van der Waals surface area contributed by atoms with Gasteiger partial charge < -0.3 is 28.7 Å². The van der Waals surface area contributed by atoms with Gasteiger partial charge in [-0.2, -0.15) is 0 Å². The number of rotatable bonds is 10.